The number of anilines is 3. The van der Waals surface area contributed by atoms with E-state index >= 15 is 0 Å². The van der Waals surface area contributed by atoms with Gasteiger partial charge in [-0.2, -0.15) is 10.1 Å². The third kappa shape index (κ3) is 6.39. The fourth-order valence-electron chi connectivity index (χ4n) is 6.58. The zero-order chi connectivity index (χ0) is 26.7. The molecule has 0 aliphatic heterocycles. The number of aromatic nitrogens is 4. The summed E-state index contributed by atoms with van der Waals surface area (Å²) in [6.45, 7) is 0. The van der Waals surface area contributed by atoms with Gasteiger partial charge in [-0.05, 0) is 57.4 Å². The molecule has 3 aliphatic carbocycles. The van der Waals surface area contributed by atoms with E-state index in [-0.39, 0.29) is 41.3 Å². The van der Waals surface area contributed by atoms with E-state index in [1.54, 1.807) is 12.3 Å². The number of nitrogens with one attached hydrogen (secondary N) is 3. The number of sulfone groups is 1. The SMILES string of the molecule is CS(=O)(=O)[C@H]1CCCC(NC(=O)N(C2CCCCC2)C2CCC(c3cc(Nc4ccnc(N)n4)n[nH]3)C2)C1. The van der Waals surface area contributed by atoms with Crippen molar-refractivity contribution in [2.45, 2.75) is 106 Å². The zero-order valence-corrected chi connectivity index (χ0v) is 22.9. The summed E-state index contributed by atoms with van der Waals surface area (Å²) < 4.78 is 24.3. The highest BCUT2D eigenvalue weighted by Crippen LogP contribution is 2.39. The molecule has 11 nitrogen and oxygen atoms in total. The predicted octanol–water partition coefficient (Wildman–Crippen LogP) is 3.86. The average molecular weight is 545 g/mol. The third-order valence-electron chi connectivity index (χ3n) is 8.53. The van der Waals surface area contributed by atoms with Crippen LogP contribution in [0.2, 0.25) is 0 Å². The Morgan fingerprint density at radius 3 is 2.61 bits per heavy atom. The van der Waals surface area contributed by atoms with Gasteiger partial charge in [-0.3, -0.25) is 5.10 Å². The van der Waals surface area contributed by atoms with E-state index in [1.807, 2.05) is 6.07 Å². The molecule has 0 saturated heterocycles. The lowest BCUT2D eigenvalue weighted by atomic mass is 9.92. The maximum Gasteiger partial charge on any atom is 0.318 e. The topological polar surface area (TPSA) is 159 Å². The van der Waals surface area contributed by atoms with Crippen LogP contribution in [-0.2, 0) is 9.84 Å². The van der Waals surface area contributed by atoms with Crippen molar-refractivity contribution in [3.63, 3.8) is 0 Å². The normalized spacial score (nSPS) is 26.7. The number of aromatic amines is 1. The second-order valence-corrected chi connectivity index (χ2v) is 13.6. The van der Waals surface area contributed by atoms with Gasteiger partial charge in [0.2, 0.25) is 5.95 Å². The van der Waals surface area contributed by atoms with Crippen LogP contribution in [0.25, 0.3) is 0 Å². The van der Waals surface area contributed by atoms with E-state index in [2.05, 4.69) is 35.7 Å². The van der Waals surface area contributed by atoms with Gasteiger partial charge in [0.1, 0.15) is 15.7 Å². The van der Waals surface area contributed by atoms with Crippen molar-refractivity contribution in [3.05, 3.63) is 24.0 Å². The van der Waals surface area contributed by atoms with E-state index in [9.17, 15) is 13.2 Å². The largest absolute Gasteiger partial charge is 0.368 e. The number of carbonyl (C=O) groups is 1. The summed E-state index contributed by atoms with van der Waals surface area (Å²) in [4.78, 5) is 23.9. The van der Waals surface area contributed by atoms with Crippen molar-refractivity contribution in [1.29, 1.82) is 0 Å². The van der Waals surface area contributed by atoms with Crippen molar-refractivity contribution in [2.24, 2.45) is 0 Å². The molecule has 3 fully saturated rings. The zero-order valence-electron chi connectivity index (χ0n) is 22.1. The van der Waals surface area contributed by atoms with Gasteiger partial charge in [0.15, 0.2) is 5.82 Å². The van der Waals surface area contributed by atoms with E-state index in [4.69, 9.17) is 5.73 Å². The van der Waals surface area contributed by atoms with Gasteiger partial charge in [-0.15, -0.1) is 0 Å². The molecule has 0 aromatic carbocycles. The molecule has 2 amide bonds. The van der Waals surface area contributed by atoms with Gasteiger partial charge in [-0.25, -0.2) is 18.2 Å². The lowest BCUT2D eigenvalue weighted by molar-refractivity contribution is 0.119. The van der Waals surface area contributed by atoms with Crippen molar-refractivity contribution < 1.29 is 13.2 Å². The van der Waals surface area contributed by atoms with Crippen molar-refractivity contribution >= 4 is 33.5 Å². The Morgan fingerprint density at radius 1 is 1.03 bits per heavy atom. The van der Waals surface area contributed by atoms with Crippen LogP contribution >= 0.6 is 0 Å². The first-order valence-corrected chi connectivity index (χ1v) is 15.9. The highest BCUT2D eigenvalue weighted by atomic mass is 32.2. The average Bonchev–Trinajstić information content (AvgIpc) is 3.55. The summed E-state index contributed by atoms with van der Waals surface area (Å²) in [6, 6.07) is 4.03. The molecular formula is C26H40N8O3S. The quantitative estimate of drug-likeness (QED) is 0.409. The Hall–Kier alpha value is -2.89. The number of hydrogen-bond acceptors (Lipinski definition) is 8. The van der Waals surface area contributed by atoms with Gasteiger partial charge in [0, 0.05) is 48.3 Å². The minimum absolute atomic E-state index is 0.0185. The van der Waals surface area contributed by atoms with Crippen LogP contribution in [-0.4, -0.2) is 69.1 Å². The summed E-state index contributed by atoms with van der Waals surface area (Å²) >= 11 is 0. The molecular weight excluding hydrogens is 504 g/mol. The minimum Gasteiger partial charge on any atom is -0.368 e. The highest BCUT2D eigenvalue weighted by molar-refractivity contribution is 7.91. The Balaban J connectivity index is 1.25. The molecule has 12 heteroatoms. The summed E-state index contributed by atoms with van der Waals surface area (Å²) in [7, 11) is -3.10. The molecule has 5 N–H and O–H groups in total. The molecule has 3 unspecified atom stereocenters. The van der Waals surface area contributed by atoms with Crippen molar-refractivity contribution in [1.82, 2.24) is 30.4 Å². The number of H-pyrrole nitrogens is 1. The van der Waals surface area contributed by atoms with E-state index in [0.717, 1.165) is 63.5 Å². The number of urea groups is 1. The first-order chi connectivity index (χ1) is 18.3. The monoisotopic (exact) mass is 544 g/mol. The molecule has 5 rings (SSSR count). The molecule has 0 radical (unpaired) electrons. The first kappa shape index (κ1) is 26.7. The number of hydrogen-bond donors (Lipinski definition) is 4. The smallest absolute Gasteiger partial charge is 0.318 e. The maximum atomic E-state index is 13.7. The fourth-order valence-corrected chi connectivity index (χ4v) is 7.76. The van der Waals surface area contributed by atoms with Gasteiger partial charge in [-0.1, -0.05) is 25.7 Å². The summed E-state index contributed by atoms with van der Waals surface area (Å²) in [5, 5.41) is 13.6. The second kappa shape index (κ2) is 11.5. The van der Waals surface area contributed by atoms with E-state index in [1.165, 1.54) is 12.7 Å². The molecule has 2 aromatic heterocycles. The second-order valence-electron chi connectivity index (χ2n) is 11.3. The van der Waals surface area contributed by atoms with Crippen LogP contribution in [0.1, 0.15) is 88.7 Å². The van der Waals surface area contributed by atoms with Crippen LogP contribution in [0.4, 0.5) is 22.4 Å². The van der Waals surface area contributed by atoms with E-state index < -0.39 is 9.84 Å². The molecule has 2 heterocycles. The molecule has 2 aromatic rings. The molecule has 0 bridgehead atoms. The summed E-state index contributed by atoms with van der Waals surface area (Å²) in [6.07, 6.45) is 14.2. The first-order valence-electron chi connectivity index (χ1n) is 13.9. The number of nitrogens with zero attached hydrogens (tertiary/aromatic N) is 4. The van der Waals surface area contributed by atoms with Crippen LogP contribution in [0.3, 0.4) is 0 Å². The number of carbonyl (C=O) groups excluding carboxylic acids is 1. The molecule has 0 spiro atoms. The minimum atomic E-state index is -3.10. The van der Waals surface area contributed by atoms with Crippen LogP contribution < -0.4 is 16.4 Å². The molecule has 3 aliphatic rings. The lowest BCUT2D eigenvalue weighted by Gasteiger charge is -2.40. The third-order valence-corrected chi connectivity index (χ3v) is 10.2. The van der Waals surface area contributed by atoms with Crippen molar-refractivity contribution in [2.75, 3.05) is 17.3 Å². The lowest BCUT2D eigenvalue weighted by Crippen LogP contribution is -2.54. The standard InChI is InChI=1S/C26H40N8O3S/c1-38(36,37)21-9-5-6-18(15-21)29-26(35)34(19-7-3-2-4-8-19)20-11-10-17(14-20)22-16-24(33-32-22)30-23-12-13-28-25(27)31-23/h12-13,16-21H,2-11,14-15H2,1H3,(H,29,35)(H4,27,28,30,31,32,33)/t17?,18?,20?,21-/m0/s1. The Bertz CT molecular complexity index is 1210. The Morgan fingerprint density at radius 2 is 1.84 bits per heavy atom. The van der Waals surface area contributed by atoms with Gasteiger partial charge in [0.05, 0.1) is 5.25 Å². The van der Waals surface area contributed by atoms with Crippen molar-refractivity contribution in [3.8, 4) is 0 Å². The predicted molar refractivity (Wildman–Crippen MR) is 147 cm³/mol. The number of nitrogen functional groups attached to an aromatic ring is 1. The van der Waals surface area contributed by atoms with Gasteiger partial charge in [0.25, 0.3) is 0 Å². The maximum absolute atomic E-state index is 13.7. The van der Waals surface area contributed by atoms with Crippen LogP contribution in [0.15, 0.2) is 18.3 Å². The number of amides is 2. The van der Waals surface area contributed by atoms with Crippen LogP contribution in [0.5, 0.6) is 0 Å². The number of nitrogens with two attached hydrogens (primary N) is 1. The van der Waals surface area contributed by atoms with Gasteiger partial charge < -0.3 is 21.3 Å². The molecule has 208 valence electrons. The van der Waals surface area contributed by atoms with E-state index in [0.29, 0.717) is 24.5 Å². The molecule has 4 atom stereocenters. The highest BCUT2D eigenvalue weighted by Gasteiger charge is 2.39. The fraction of sp³-hybridized carbons (Fsp3) is 0.692. The van der Waals surface area contributed by atoms with Crippen LogP contribution in [0, 0.1) is 0 Å². The summed E-state index contributed by atoms with van der Waals surface area (Å²) in [5.74, 6) is 1.73. The Kier molecular flexibility index (Phi) is 8.06. The molecule has 3 saturated carbocycles. The Labute approximate surface area is 224 Å². The van der Waals surface area contributed by atoms with Gasteiger partial charge >= 0.3 is 6.03 Å². The molecule has 38 heavy (non-hydrogen) atoms. The number of rotatable bonds is 7. The summed E-state index contributed by atoms with van der Waals surface area (Å²) in [5.41, 5.74) is 6.72.